The summed E-state index contributed by atoms with van der Waals surface area (Å²) in [5.41, 5.74) is 0.398. The van der Waals surface area contributed by atoms with Crippen molar-refractivity contribution in [3.05, 3.63) is 59.2 Å². The number of carbonyl (C=O) groups excluding carboxylic acids is 1. The quantitative estimate of drug-likeness (QED) is 0.797. The number of carboxylic acid groups (broad SMARTS) is 1. The molecule has 2 rings (SSSR count). The van der Waals surface area contributed by atoms with Crippen molar-refractivity contribution in [3.8, 4) is 0 Å². The summed E-state index contributed by atoms with van der Waals surface area (Å²) in [7, 11) is 0. The van der Waals surface area contributed by atoms with Crippen LogP contribution in [0.1, 0.15) is 26.5 Å². The molecule has 0 unspecified atom stereocenters. The molecule has 0 radical (unpaired) electrons. The highest BCUT2D eigenvalue weighted by Gasteiger charge is 2.13. The van der Waals surface area contributed by atoms with Gasteiger partial charge in [-0.1, -0.05) is 0 Å². The van der Waals surface area contributed by atoms with Crippen molar-refractivity contribution in [2.45, 2.75) is 0 Å². The second-order valence-electron chi connectivity index (χ2n) is 3.43. The van der Waals surface area contributed by atoms with Gasteiger partial charge in [0.05, 0.1) is 5.69 Å². The lowest BCUT2D eigenvalue weighted by molar-refractivity contribution is 0.0691. The molecule has 4 nitrogen and oxygen atoms in total. The van der Waals surface area contributed by atoms with Crippen LogP contribution in [0.4, 0.5) is 4.39 Å². The van der Waals surface area contributed by atoms with E-state index in [0.717, 1.165) is 0 Å². The number of aromatic nitrogens is 1. The minimum Gasteiger partial charge on any atom is -0.477 e. The van der Waals surface area contributed by atoms with E-state index in [1.54, 1.807) is 0 Å². The van der Waals surface area contributed by atoms with Crippen LogP contribution in [0.25, 0.3) is 0 Å². The number of hydrogen-bond donors (Lipinski definition) is 2. The molecule has 2 N–H and O–H groups in total. The first-order valence-electron chi connectivity index (χ1n) is 4.80. The van der Waals surface area contributed by atoms with Crippen molar-refractivity contribution in [1.82, 2.24) is 4.98 Å². The second kappa shape index (κ2) is 4.21. The first-order valence-corrected chi connectivity index (χ1v) is 4.80. The van der Waals surface area contributed by atoms with Crippen molar-refractivity contribution in [2.24, 2.45) is 0 Å². The van der Waals surface area contributed by atoms with Crippen molar-refractivity contribution in [2.75, 3.05) is 0 Å². The fourth-order valence-corrected chi connectivity index (χ4v) is 1.41. The van der Waals surface area contributed by atoms with Crippen LogP contribution in [-0.4, -0.2) is 21.8 Å². The Kier molecular flexibility index (Phi) is 2.74. The van der Waals surface area contributed by atoms with E-state index in [1.807, 2.05) is 0 Å². The highest BCUT2D eigenvalue weighted by molar-refractivity contribution is 6.08. The van der Waals surface area contributed by atoms with E-state index in [0.29, 0.717) is 5.56 Å². The number of carbonyl (C=O) groups is 2. The fraction of sp³-hybridized carbons (Fsp3) is 0. The number of ketones is 1. The van der Waals surface area contributed by atoms with E-state index < -0.39 is 11.8 Å². The molecule has 5 heteroatoms. The van der Waals surface area contributed by atoms with Gasteiger partial charge in [0.2, 0.25) is 5.78 Å². The maximum absolute atomic E-state index is 12.7. The van der Waals surface area contributed by atoms with Gasteiger partial charge in [0, 0.05) is 5.56 Å². The number of carboxylic acids is 1. The zero-order valence-electron chi connectivity index (χ0n) is 8.61. The van der Waals surface area contributed by atoms with Gasteiger partial charge < -0.3 is 10.1 Å². The molecule has 0 saturated carbocycles. The topological polar surface area (TPSA) is 70.2 Å². The molecule has 0 bridgehead atoms. The van der Waals surface area contributed by atoms with Crippen LogP contribution in [0, 0.1) is 5.82 Å². The lowest BCUT2D eigenvalue weighted by atomic mass is 10.1. The van der Waals surface area contributed by atoms with Gasteiger partial charge in [0.1, 0.15) is 11.5 Å². The Morgan fingerprint density at radius 2 is 1.59 bits per heavy atom. The molecule has 0 atom stereocenters. The van der Waals surface area contributed by atoms with Gasteiger partial charge in [-0.3, -0.25) is 4.79 Å². The van der Waals surface area contributed by atoms with Gasteiger partial charge in [0.15, 0.2) is 0 Å². The van der Waals surface area contributed by atoms with E-state index in [-0.39, 0.29) is 17.2 Å². The first kappa shape index (κ1) is 11.1. The van der Waals surface area contributed by atoms with Crippen molar-refractivity contribution < 1.29 is 19.1 Å². The maximum atomic E-state index is 12.7. The molecule has 2 aromatic rings. The standard InChI is InChI=1S/C12H8FNO3/c13-8-3-1-7(2-4-8)11(15)9-5-6-10(14-9)12(16)17/h1-6,14H,(H,16,17). The third-order valence-electron chi connectivity index (χ3n) is 2.27. The van der Waals surface area contributed by atoms with Crippen LogP contribution in [0.2, 0.25) is 0 Å². The number of H-pyrrole nitrogens is 1. The molecule has 0 saturated heterocycles. The number of halogens is 1. The summed E-state index contributed by atoms with van der Waals surface area (Å²) in [6.45, 7) is 0. The van der Waals surface area contributed by atoms with Crippen LogP contribution in [0.3, 0.4) is 0 Å². The van der Waals surface area contributed by atoms with Gasteiger partial charge in [-0.05, 0) is 36.4 Å². The van der Waals surface area contributed by atoms with Crippen LogP contribution in [0.15, 0.2) is 36.4 Å². The Morgan fingerprint density at radius 1 is 1.00 bits per heavy atom. The summed E-state index contributed by atoms with van der Waals surface area (Å²) in [5.74, 6) is -1.94. The largest absolute Gasteiger partial charge is 0.477 e. The summed E-state index contributed by atoms with van der Waals surface area (Å²) in [4.78, 5) is 25.0. The summed E-state index contributed by atoms with van der Waals surface area (Å²) >= 11 is 0. The molecule has 0 spiro atoms. The number of hydrogen-bond acceptors (Lipinski definition) is 2. The van der Waals surface area contributed by atoms with Gasteiger partial charge >= 0.3 is 5.97 Å². The highest BCUT2D eigenvalue weighted by atomic mass is 19.1. The molecule has 0 amide bonds. The van der Waals surface area contributed by atoms with E-state index >= 15 is 0 Å². The molecule has 0 aliphatic heterocycles. The number of benzene rings is 1. The minimum atomic E-state index is -1.14. The third-order valence-corrected chi connectivity index (χ3v) is 2.27. The van der Waals surface area contributed by atoms with Gasteiger partial charge in [0.25, 0.3) is 0 Å². The summed E-state index contributed by atoms with van der Waals surface area (Å²) in [5, 5.41) is 8.69. The Bertz CT molecular complexity index is 572. The molecule has 0 fully saturated rings. The van der Waals surface area contributed by atoms with Crippen molar-refractivity contribution >= 4 is 11.8 Å². The van der Waals surface area contributed by atoms with Crippen LogP contribution >= 0.6 is 0 Å². The lowest BCUT2D eigenvalue weighted by Crippen LogP contribution is -2.03. The monoisotopic (exact) mass is 233 g/mol. The van der Waals surface area contributed by atoms with Crippen molar-refractivity contribution in [1.29, 1.82) is 0 Å². The highest BCUT2D eigenvalue weighted by Crippen LogP contribution is 2.10. The van der Waals surface area contributed by atoms with E-state index in [9.17, 15) is 14.0 Å². The summed E-state index contributed by atoms with van der Waals surface area (Å²) in [6.07, 6.45) is 0. The molecule has 0 aliphatic rings. The predicted molar refractivity (Wildman–Crippen MR) is 57.6 cm³/mol. The zero-order chi connectivity index (χ0) is 12.4. The van der Waals surface area contributed by atoms with Crippen molar-refractivity contribution in [3.63, 3.8) is 0 Å². The molecule has 17 heavy (non-hydrogen) atoms. The first-order chi connectivity index (χ1) is 8.08. The molecule has 86 valence electrons. The smallest absolute Gasteiger partial charge is 0.352 e. The van der Waals surface area contributed by atoms with E-state index in [4.69, 9.17) is 5.11 Å². The Balaban J connectivity index is 2.30. The Labute approximate surface area is 95.7 Å². The molecule has 1 aromatic heterocycles. The third kappa shape index (κ3) is 2.23. The minimum absolute atomic E-state index is 0.0598. The van der Waals surface area contributed by atoms with Crippen LogP contribution in [0.5, 0.6) is 0 Å². The maximum Gasteiger partial charge on any atom is 0.352 e. The second-order valence-corrected chi connectivity index (χ2v) is 3.43. The van der Waals surface area contributed by atoms with Crippen LogP contribution < -0.4 is 0 Å². The Hall–Kier alpha value is -2.43. The average molecular weight is 233 g/mol. The Morgan fingerprint density at radius 3 is 2.12 bits per heavy atom. The number of rotatable bonds is 3. The fourth-order valence-electron chi connectivity index (χ4n) is 1.41. The summed E-state index contributed by atoms with van der Waals surface area (Å²) < 4.78 is 12.7. The summed E-state index contributed by atoms with van der Waals surface area (Å²) in [6, 6.07) is 7.73. The molecule has 1 heterocycles. The number of aromatic carboxylic acids is 1. The van der Waals surface area contributed by atoms with Gasteiger partial charge in [-0.2, -0.15) is 0 Å². The SMILES string of the molecule is O=C(O)c1ccc(C(=O)c2ccc(F)cc2)[nH]1. The van der Waals surface area contributed by atoms with Gasteiger partial charge in [-0.15, -0.1) is 0 Å². The van der Waals surface area contributed by atoms with E-state index in [1.165, 1.54) is 36.4 Å². The van der Waals surface area contributed by atoms with Gasteiger partial charge in [-0.25, -0.2) is 9.18 Å². The number of aromatic amines is 1. The van der Waals surface area contributed by atoms with E-state index in [2.05, 4.69) is 4.98 Å². The molecule has 1 aromatic carbocycles. The lowest BCUT2D eigenvalue weighted by Gasteiger charge is -1.98. The normalized spacial score (nSPS) is 10.2. The predicted octanol–water partition coefficient (Wildman–Crippen LogP) is 2.08. The average Bonchev–Trinajstić information content (AvgIpc) is 2.78. The zero-order valence-corrected chi connectivity index (χ0v) is 8.61. The molecular formula is C12H8FNO3. The number of nitrogens with one attached hydrogen (secondary N) is 1. The molecule has 0 aliphatic carbocycles. The molecular weight excluding hydrogens is 225 g/mol. The van der Waals surface area contributed by atoms with Crippen LogP contribution in [-0.2, 0) is 0 Å².